The predicted molar refractivity (Wildman–Crippen MR) is 114 cm³/mol. The standard InChI is InChI=1S/C22H31N3O.ClH/c1-16-14-20(21(26)24-15-22(4)10-12-23-13-11-22)18(3)25(16)17(2)19-8-6-5-7-9-19;/h5-9,14,17,23H,10-13,15H2,1-4H3,(H,24,26);1H. The highest BCUT2D eigenvalue weighted by molar-refractivity contribution is 5.95. The van der Waals surface area contributed by atoms with E-state index in [1.54, 1.807) is 0 Å². The summed E-state index contributed by atoms with van der Waals surface area (Å²) in [5, 5.41) is 6.58. The fourth-order valence-electron chi connectivity index (χ4n) is 4.08. The Kier molecular flexibility index (Phi) is 7.12. The highest BCUT2D eigenvalue weighted by Crippen LogP contribution is 2.28. The molecule has 27 heavy (non-hydrogen) atoms. The van der Waals surface area contributed by atoms with Crippen LogP contribution in [-0.2, 0) is 0 Å². The molecule has 0 spiro atoms. The first kappa shape index (κ1) is 21.5. The molecule has 0 aliphatic carbocycles. The van der Waals surface area contributed by atoms with Crippen molar-refractivity contribution in [2.24, 2.45) is 5.41 Å². The van der Waals surface area contributed by atoms with E-state index >= 15 is 0 Å². The molecule has 2 N–H and O–H groups in total. The van der Waals surface area contributed by atoms with E-state index in [2.05, 4.69) is 60.2 Å². The Bertz CT molecular complexity index is 763. The predicted octanol–water partition coefficient (Wildman–Crippen LogP) is 4.26. The van der Waals surface area contributed by atoms with Gasteiger partial charge < -0.3 is 15.2 Å². The molecule has 1 aromatic carbocycles. The fourth-order valence-corrected chi connectivity index (χ4v) is 4.08. The van der Waals surface area contributed by atoms with Crippen molar-refractivity contribution in [1.29, 1.82) is 0 Å². The molecule has 0 saturated carbocycles. The number of carbonyl (C=O) groups is 1. The minimum Gasteiger partial charge on any atom is -0.351 e. The van der Waals surface area contributed by atoms with Crippen molar-refractivity contribution < 1.29 is 4.79 Å². The highest BCUT2D eigenvalue weighted by atomic mass is 35.5. The molecule has 2 aromatic rings. The van der Waals surface area contributed by atoms with Crippen molar-refractivity contribution in [1.82, 2.24) is 15.2 Å². The van der Waals surface area contributed by atoms with Gasteiger partial charge in [0, 0.05) is 17.9 Å². The summed E-state index contributed by atoms with van der Waals surface area (Å²) in [6, 6.07) is 12.7. The van der Waals surface area contributed by atoms with Crippen LogP contribution in [0.5, 0.6) is 0 Å². The topological polar surface area (TPSA) is 46.1 Å². The van der Waals surface area contributed by atoms with Gasteiger partial charge in [0.15, 0.2) is 0 Å². The van der Waals surface area contributed by atoms with Crippen LogP contribution in [0, 0.1) is 19.3 Å². The number of amides is 1. The average Bonchev–Trinajstić information content (AvgIpc) is 2.95. The molecule has 4 nitrogen and oxygen atoms in total. The molecule has 148 valence electrons. The normalized spacial score (nSPS) is 17.0. The molecule has 3 rings (SSSR count). The van der Waals surface area contributed by atoms with Crippen molar-refractivity contribution in [2.45, 2.75) is 46.6 Å². The molecule has 2 heterocycles. The van der Waals surface area contributed by atoms with E-state index in [4.69, 9.17) is 0 Å². The molecule has 0 radical (unpaired) electrons. The van der Waals surface area contributed by atoms with Gasteiger partial charge in [0.25, 0.3) is 5.91 Å². The zero-order chi connectivity index (χ0) is 18.7. The number of carbonyl (C=O) groups excluding carboxylic acids is 1. The number of piperidine rings is 1. The third-order valence-corrected chi connectivity index (χ3v) is 5.88. The van der Waals surface area contributed by atoms with E-state index in [9.17, 15) is 4.79 Å². The number of rotatable bonds is 5. The van der Waals surface area contributed by atoms with Crippen LogP contribution in [0.15, 0.2) is 36.4 Å². The summed E-state index contributed by atoms with van der Waals surface area (Å²) in [4.78, 5) is 12.8. The third kappa shape index (κ3) is 4.74. The lowest BCUT2D eigenvalue weighted by Gasteiger charge is -2.34. The van der Waals surface area contributed by atoms with E-state index in [0.29, 0.717) is 0 Å². The molecule has 1 atom stereocenters. The number of aryl methyl sites for hydroxylation is 1. The summed E-state index contributed by atoms with van der Waals surface area (Å²) in [5.41, 5.74) is 4.40. The Balaban J connectivity index is 0.00000261. The van der Waals surface area contributed by atoms with Crippen LogP contribution in [-0.4, -0.2) is 30.1 Å². The van der Waals surface area contributed by atoms with E-state index in [1.807, 2.05) is 19.1 Å². The maximum absolute atomic E-state index is 12.8. The van der Waals surface area contributed by atoms with Crippen molar-refractivity contribution >= 4 is 18.3 Å². The first-order valence-corrected chi connectivity index (χ1v) is 9.63. The van der Waals surface area contributed by atoms with E-state index in [0.717, 1.165) is 49.4 Å². The fraction of sp³-hybridized carbons (Fsp3) is 0.500. The van der Waals surface area contributed by atoms with Gasteiger partial charge in [-0.2, -0.15) is 0 Å². The van der Waals surface area contributed by atoms with E-state index < -0.39 is 0 Å². The van der Waals surface area contributed by atoms with Crippen molar-refractivity contribution in [3.05, 3.63) is 58.9 Å². The molecule has 1 unspecified atom stereocenters. The maximum atomic E-state index is 12.8. The monoisotopic (exact) mass is 389 g/mol. The van der Waals surface area contributed by atoms with Gasteiger partial charge in [-0.25, -0.2) is 0 Å². The molecular weight excluding hydrogens is 358 g/mol. The van der Waals surface area contributed by atoms with Crippen molar-refractivity contribution in [3.63, 3.8) is 0 Å². The summed E-state index contributed by atoms with van der Waals surface area (Å²) >= 11 is 0. The largest absolute Gasteiger partial charge is 0.351 e. The van der Waals surface area contributed by atoms with Crippen LogP contribution in [0.2, 0.25) is 0 Å². The first-order chi connectivity index (χ1) is 12.4. The quantitative estimate of drug-likeness (QED) is 0.802. The number of hydrogen-bond acceptors (Lipinski definition) is 2. The number of nitrogens with zero attached hydrogens (tertiary/aromatic N) is 1. The Hall–Kier alpha value is -1.78. The number of nitrogens with one attached hydrogen (secondary N) is 2. The smallest absolute Gasteiger partial charge is 0.253 e. The summed E-state index contributed by atoms with van der Waals surface area (Å²) in [7, 11) is 0. The molecule has 1 saturated heterocycles. The minimum atomic E-state index is 0. The van der Waals surface area contributed by atoms with Crippen LogP contribution in [0.25, 0.3) is 0 Å². The van der Waals surface area contributed by atoms with Gasteiger partial charge in [0.05, 0.1) is 11.6 Å². The van der Waals surface area contributed by atoms with Gasteiger partial charge in [-0.1, -0.05) is 37.3 Å². The van der Waals surface area contributed by atoms with Gasteiger partial charge in [-0.05, 0) is 63.7 Å². The SMILES string of the molecule is Cc1cc(C(=O)NCC2(C)CCNCC2)c(C)n1C(C)c1ccccc1.Cl. The average molecular weight is 390 g/mol. The van der Waals surface area contributed by atoms with Crippen LogP contribution >= 0.6 is 12.4 Å². The van der Waals surface area contributed by atoms with Gasteiger partial charge in [0.1, 0.15) is 0 Å². The third-order valence-electron chi connectivity index (χ3n) is 5.88. The molecule has 5 heteroatoms. The van der Waals surface area contributed by atoms with Gasteiger partial charge in [-0.15, -0.1) is 12.4 Å². The number of halogens is 1. The second kappa shape index (κ2) is 8.94. The number of aromatic nitrogens is 1. The van der Waals surface area contributed by atoms with Gasteiger partial charge in [0.2, 0.25) is 0 Å². The summed E-state index contributed by atoms with van der Waals surface area (Å²) in [6.45, 7) is 11.4. The lowest BCUT2D eigenvalue weighted by atomic mass is 9.81. The van der Waals surface area contributed by atoms with Crippen molar-refractivity contribution in [3.8, 4) is 0 Å². The van der Waals surface area contributed by atoms with Gasteiger partial charge >= 0.3 is 0 Å². The lowest BCUT2D eigenvalue weighted by Crippen LogP contribution is -2.43. The number of hydrogen-bond donors (Lipinski definition) is 2. The minimum absolute atomic E-state index is 0. The first-order valence-electron chi connectivity index (χ1n) is 9.63. The molecule has 1 aromatic heterocycles. The molecular formula is C22H32ClN3O. The summed E-state index contributed by atoms with van der Waals surface area (Å²) < 4.78 is 2.26. The second-order valence-corrected chi connectivity index (χ2v) is 7.98. The van der Waals surface area contributed by atoms with Crippen LogP contribution in [0.1, 0.15) is 60.0 Å². The zero-order valence-electron chi connectivity index (χ0n) is 16.8. The molecule has 1 aliphatic heterocycles. The lowest BCUT2D eigenvalue weighted by molar-refractivity contribution is 0.0921. The number of benzene rings is 1. The van der Waals surface area contributed by atoms with E-state index in [-0.39, 0.29) is 29.8 Å². The van der Waals surface area contributed by atoms with Crippen molar-refractivity contribution in [2.75, 3.05) is 19.6 Å². The maximum Gasteiger partial charge on any atom is 0.253 e. The zero-order valence-corrected chi connectivity index (χ0v) is 17.7. The van der Waals surface area contributed by atoms with Crippen LogP contribution in [0.4, 0.5) is 0 Å². The molecule has 1 aliphatic rings. The molecule has 1 fully saturated rings. The second-order valence-electron chi connectivity index (χ2n) is 7.98. The Morgan fingerprint density at radius 2 is 1.85 bits per heavy atom. The van der Waals surface area contributed by atoms with Gasteiger partial charge in [-0.3, -0.25) is 4.79 Å². The molecule has 0 bridgehead atoms. The Morgan fingerprint density at radius 1 is 1.22 bits per heavy atom. The van der Waals surface area contributed by atoms with Crippen LogP contribution < -0.4 is 10.6 Å². The summed E-state index contributed by atoms with van der Waals surface area (Å²) in [6.07, 6.45) is 2.22. The Labute approximate surface area is 169 Å². The highest BCUT2D eigenvalue weighted by Gasteiger charge is 2.28. The van der Waals surface area contributed by atoms with Crippen LogP contribution in [0.3, 0.4) is 0 Å². The molecule has 1 amide bonds. The van der Waals surface area contributed by atoms with E-state index in [1.165, 1.54) is 5.56 Å². The Morgan fingerprint density at radius 3 is 2.48 bits per heavy atom. The summed E-state index contributed by atoms with van der Waals surface area (Å²) in [5.74, 6) is 0.0457.